The highest BCUT2D eigenvalue weighted by atomic mass is 16.6. The third kappa shape index (κ3) is 2.29. The number of aldehydes is 1. The van der Waals surface area contributed by atoms with E-state index in [0.29, 0.717) is 6.42 Å². The minimum atomic E-state index is -0.633. The zero-order valence-corrected chi connectivity index (χ0v) is 6.86. The lowest BCUT2D eigenvalue weighted by molar-refractivity contribution is -0.490. The van der Waals surface area contributed by atoms with E-state index in [9.17, 15) is 14.9 Å². The Morgan fingerprint density at radius 2 is 2.25 bits per heavy atom. The first-order chi connectivity index (χ1) is 6.11. The Labute approximate surface area is 72.5 Å². The Hall–Kier alpha value is -0.930. The summed E-state index contributed by atoms with van der Waals surface area (Å²) >= 11 is 0. The summed E-state index contributed by atoms with van der Waals surface area (Å²) in [7, 11) is 0. The van der Waals surface area contributed by atoms with Crippen molar-refractivity contribution in [3.8, 4) is 0 Å². The lowest BCUT2D eigenvalue weighted by Gasteiger charge is -2.23. The second kappa shape index (κ2) is 4.18. The average Bonchev–Trinajstić information content (AvgIpc) is 2.03. The van der Waals surface area contributed by atoms with Crippen LogP contribution in [0.3, 0.4) is 0 Å². The summed E-state index contributed by atoms with van der Waals surface area (Å²) in [5, 5.41) is 10.3. The van der Waals surface area contributed by atoms with Crippen molar-refractivity contribution < 1.29 is 11.1 Å². The van der Waals surface area contributed by atoms with Gasteiger partial charge in [0.15, 0.2) is 0 Å². The van der Waals surface area contributed by atoms with Crippen LogP contribution in [0.25, 0.3) is 0 Å². The molecule has 0 amide bonds. The van der Waals surface area contributed by atoms with Gasteiger partial charge in [-0.25, -0.2) is 0 Å². The summed E-state index contributed by atoms with van der Waals surface area (Å²) in [6.07, 6.45) is 2.61. The zero-order chi connectivity index (χ0) is 9.84. The number of carbonyl (C=O) groups excluding carboxylic acids is 1. The van der Waals surface area contributed by atoms with Crippen LogP contribution in [-0.2, 0) is 4.79 Å². The van der Waals surface area contributed by atoms with E-state index in [0.717, 1.165) is 19.3 Å². The highest BCUT2D eigenvalue weighted by Gasteiger charge is 2.28. The molecular formula is C8H13NO3. The molecule has 0 radical (unpaired) electrons. The van der Waals surface area contributed by atoms with Crippen molar-refractivity contribution in [1.29, 1.82) is 0 Å². The van der Waals surface area contributed by atoms with Gasteiger partial charge in [0.2, 0.25) is 6.54 Å². The summed E-state index contributed by atoms with van der Waals surface area (Å²) in [6, 6.07) is 0. The van der Waals surface area contributed by atoms with E-state index >= 15 is 0 Å². The van der Waals surface area contributed by atoms with Crippen LogP contribution in [-0.4, -0.2) is 17.7 Å². The molecule has 2 atom stereocenters. The summed E-state index contributed by atoms with van der Waals surface area (Å²) in [4.78, 5) is 20.7. The quantitative estimate of drug-likeness (QED) is 0.366. The third-order valence-corrected chi connectivity index (χ3v) is 2.44. The Morgan fingerprint density at radius 1 is 1.58 bits per heavy atom. The first-order valence-electron chi connectivity index (χ1n) is 4.73. The Morgan fingerprint density at radius 3 is 2.83 bits per heavy atom. The first-order valence-corrected chi connectivity index (χ1v) is 4.23. The zero-order valence-electron chi connectivity index (χ0n) is 7.86. The lowest BCUT2D eigenvalue weighted by atomic mass is 9.80. The van der Waals surface area contributed by atoms with Crippen molar-refractivity contribution in [2.24, 2.45) is 11.8 Å². The van der Waals surface area contributed by atoms with Gasteiger partial charge in [-0.1, -0.05) is 12.8 Å². The molecule has 4 nitrogen and oxygen atoms in total. The molecular weight excluding hydrogens is 158 g/mol. The van der Waals surface area contributed by atoms with Crippen LogP contribution in [0.2, 0.25) is 0 Å². The average molecular weight is 172 g/mol. The van der Waals surface area contributed by atoms with Crippen LogP contribution < -0.4 is 0 Å². The molecule has 12 heavy (non-hydrogen) atoms. The highest BCUT2D eigenvalue weighted by Crippen LogP contribution is 2.28. The van der Waals surface area contributed by atoms with E-state index in [1.54, 1.807) is 0 Å². The van der Waals surface area contributed by atoms with E-state index in [1.807, 2.05) is 0 Å². The van der Waals surface area contributed by atoms with Gasteiger partial charge in [0.05, 0.1) is 0 Å². The second-order valence-electron chi connectivity index (χ2n) is 3.28. The molecule has 0 spiro atoms. The Kier molecular flexibility index (Phi) is 2.69. The molecule has 0 aromatic heterocycles. The number of carbonyl (C=O) groups is 1. The van der Waals surface area contributed by atoms with E-state index in [-0.39, 0.29) is 23.3 Å². The maximum absolute atomic E-state index is 10.8. The van der Waals surface area contributed by atoms with E-state index < -0.39 is 6.26 Å². The van der Waals surface area contributed by atoms with Crippen molar-refractivity contribution in [2.45, 2.75) is 25.7 Å². The number of nitrogens with zero attached hydrogens (tertiary/aromatic N) is 1. The second-order valence-corrected chi connectivity index (χ2v) is 3.28. The predicted molar refractivity (Wildman–Crippen MR) is 43.4 cm³/mol. The molecule has 0 unspecified atom stereocenters. The maximum Gasteiger partial charge on any atom is 0.207 e. The van der Waals surface area contributed by atoms with Gasteiger partial charge in [-0.05, 0) is 12.8 Å². The van der Waals surface area contributed by atoms with Crippen LogP contribution in [0.1, 0.15) is 27.1 Å². The van der Waals surface area contributed by atoms with Crippen molar-refractivity contribution in [2.75, 3.05) is 6.54 Å². The summed E-state index contributed by atoms with van der Waals surface area (Å²) in [5.74, 6) is -0.590. The van der Waals surface area contributed by atoms with Crippen LogP contribution in [0.5, 0.6) is 0 Å². The Bertz CT molecular complexity index is 219. The van der Waals surface area contributed by atoms with Crippen molar-refractivity contribution in [3.05, 3.63) is 10.1 Å². The van der Waals surface area contributed by atoms with Crippen LogP contribution in [0.4, 0.5) is 0 Å². The van der Waals surface area contributed by atoms with Crippen LogP contribution in [0.15, 0.2) is 0 Å². The molecule has 1 aliphatic carbocycles. The minimum absolute atomic E-state index is 0.157. The molecule has 0 aliphatic heterocycles. The minimum Gasteiger partial charge on any atom is -0.303 e. The lowest BCUT2D eigenvalue weighted by Crippen LogP contribution is -2.27. The molecule has 0 saturated heterocycles. The van der Waals surface area contributed by atoms with Gasteiger partial charge in [-0.2, -0.15) is 0 Å². The van der Waals surface area contributed by atoms with Crippen molar-refractivity contribution >= 4 is 6.26 Å². The fourth-order valence-corrected chi connectivity index (χ4v) is 1.77. The van der Waals surface area contributed by atoms with Crippen LogP contribution in [0, 0.1) is 22.0 Å². The number of rotatable bonds is 3. The van der Waals surface area contributed by atoms with E-state index in [2.05, 4.69) is 0 Å². The predicted octanol–water partition coefficient (Wildman–Crippen LogP) is 1.27. The largest absolute Gasteiger partial charge is 0.303 e. The fourth-order valence-electron chi connectivity index (χ4n) is 1.77. The van der Waals surface area contributed by atoms with Gasteiger partial charge >= 0.3 is 0 Å². The van der Waals surface area contributed by atoms with Gasteiger partial charge in [-0.3, -0.25) is 10.1 Å². The van der Waals surface area contributed by atoms with Gasteiger partial charge in [0.1, 0.15) is 7.63 Å². The molecule has 0 N–H and O–H groups in total. The summed E-state index contributed by atoms with van der Waals surface area (Å²) in [5.41, 5.74) is 0. The smallest absolute Gasteiger partial charge is 0.207 e. The molecule has 0 bridgehead atoms. The normalized spacial score (nSPS) is 30.8. The highest BCUT2D eigenvalue weighted by molar-refractivity contribution is 5.54. The molecule has 1 saturated carbocycles. The molecule has 4 heteroatoms. The SMILES string of the molecule is [2H]C(=O)[C@@H]1CCCC[C@H]1C[N+](=O)[O-]. The number of hydrogen-bond donors (Lipinski definition) is 0. The Balaban J connectivity index is 2.56. The molecule has 1 rings (SSSR count). The van der Waals surface area contributed by atoms with Gasteiger partial charge in [0, 0.05) is 16.8 Å². The van der Waals surface area contributed by atoms with Crippen molar-refractivity contribution in [1.82, 2.24) is 0 Å². The fraction of sp³-hybridized carbons (Fsp3) is 0.875. The maximum atomic E-state index is 10.8. The summed E-state index contributed by atoms with van der Waals surface area (Å²) in [6.45, 7) is -0.157. The third-order valence-electron chi connectivity index (χ3n) is 2.44. The standard InChI is InChI=1S/C8H13NO3/c10-6-8-4-2-1-3-7(8)5-9(11)12/h6-8H,1-5H2/t7-,8-/m0/s1/i6D. The molecule has 68 valence electrons. The van der Waals surface area contributed by atoms with Gasteiger partial charge in [0.25, 0.3) is 0 Å². The molecule has 1 fully saturated rings. The topological polar surface area (TPSA) is 60.2 Å². The van der Waals surface area contributed by atoms with Crippen molar-refractivity contribution in [3.63, 3.8) is 0 Å². The van der Waals surface area contributed by atoms with E-state index in [4.69, 9.17) is 1.37 Å². The van der Waals surface area contributed by atoms with Crippen LogP contribution >= 0.6 is 0 Å². The number of nitro groups is 1. The summed E-state index contributed by atoms with van der Waals surface area (Å²) < 4.78 is 6.99. The molecule has 1 aliphatic rings. The number of hydrogen-bond acceptors (Lipinski definition) is 3. The van der Waals surface area contributed by atoms with E-state index in [1.165, 1.54) is 0 Å². The van der Waals surface area contributed by atoms with Gasteiger partial charge in [-0.15, -0.1) is 0 Å². The molecule has 0 aromatic rings. The molecule has 0 heterocycles. The molecule has 0 aromatic carbocycles. The first kappa shape index (κ1) is 7.71. The van der Waals surface area contributed by atoms with Gasteiger partial charge < -0.3 is 4.79 Å². The monoisotopic (exact) mass is 172 g/mol.